The molecule has 28 heavy (non-hydrogen) atoms. The van der Waals surface area contributed by atoms with E-state index in [9.17, 15) is 14.0 Å². The molecule has 0 saturated carbocycles. The summed E-state index contributed by atoms with van der Waals surface area (Å²) >= 11 is 6.00. The minimum absolute atomic E-state index is 0.0569. The molecule has 1 atom stereocenters. The van der Waals surface area contributed by atoms with Gasteiger partial charge < -0.3 is 14.5 Å². The van der Waals surface area contributed by atoms with Crippen LogP contribution in [-0.2, 0) is 11.2 Å². The molecule has 2 amide bonds. The number of benzene rings is 2. The van der Waals surface area contributed by atoms with E-state index >= 15 is 0 Å². The number of piperazine rings is 1. The summed E-state index contributed by atoms with van der Waals surface area (Å²) in [7, 11) is 0. The highest BCUT2D eigenvalue weighted by atomic mass is 35.5. The van der Waals surface area contributed by atoms with Crippen molar-refractivity contribution in [3.63, 3.8) is 0 Å². The highest BCUT2D eigenvalue weighted by Gasteiger charge is 2.32. The van der Waals surface area contributed by atoms with Gasteiger partial charge in [0.05, 0.1) is 16.5 Å². The Kier molecular flexibility index (Phi) is 5.22. The van der Waals surface area contributed by atoms with Crippen LogP contribution in [-0.4, -0.2) is 54.4 Å². The van der Waals surface area contributed by atoms with Crippen molar-refractivity contribution < 1.29 is 18.7 Å². The Morgan fingerprint density at radius 1 is 1.04 bits per heavy atom. The Bertz CT molecular complexity index is 912. The first-order valence-corrected chi connectivity index (χ1v) is 9.64. The maximum absolute atomic E-state index is 13.2. The summed E-state index contributed by atoms with van der Waals surface area (Å²) in [6.45, 7) is 2.13. The molecule has 1 unspecified atom stereocenters. The zero-order valence-corrected chi connectivity index (χ0v) is 16.0. The van der Waals surface area contributed by atoms with E-state index in [-0.39, 0.29) is 28.3 Å². The molecule has 1 saturated heterocycles. The van der Waals surface area contributed by atoms with Crippen LogP contribution in [0.3, 0.4) is 0 Å². The second kappa shape index (κ2) is 7.80. The number of carbonyl (C=O) groups excluding carboxylic acids is 2. The smallest absolute Gasteiger partial charge is 0.255 e. The number of halogens is 2. The van der Waals surface area contributed by atoms with Crippen molar-refractivity contribution in [2.24, 2.45) is 5.92 Å². The number of para-hydroxylation sites is 1. The number of fused-ring (bicyclic) bond motifs is 1. The molecule has 0 bridgehead atoms. The molecule has 7 heteroatoms. The zero-order chi connectivity index (χ0) is 19.7. The van der Waals surface area contributed by atoms with Gasteiger partial charge in [-0.1, -0.05) is 29.8 Å². The molecule has 2 aromatic carbocycles. The van der Waals surface area contributed by atoms with Gasteiger partial charge in [0.15, 0.2) is 0 Å². The predicted octanol–water partition coefficient (Wildman–Crippen LogP) is 3.01. The van der Waals surface area contributed by atoms with Crippen LogP contribution >= 0.6 is 11.6 Å². The molecule has 1 fully saturated rings. The normalized spacial score (nSPS) is 19.0. The highest BCUT2D eigenvalue weighted by molar-refractivity contribution is 6.33. The molecule has 0 radical (unpaired) electrons. The Morgan fingerprint density at radius 2 is 1.75 bits per heavy atom. The summed E-state index contributed by atoms with van der Waals surface area (Å²) in [5.41, 5.74) is 1.33. The zero-order valence-electron chi connectivity index (χ0n) is 15.2. The summed E-state index contributed by atoms with van der Waals surface area (Å²) in [6.07, 6.45) is 0.666. The van der Waals surface area contributed by atoms with Gasteiger partial charge in [-0.15, -0.1) is 0 Å². The molecular formula is C21H20ClFN2O3. The maximum atomic E-state index is 13.2. The monoisotopic (exact) mass is 402 g/mol. The Balaban J connectivity index is 1.36. The Labute approximate surface area is 167 Å². The molecule has 2 aliphatic heterocycles. The minimum atomic E-state index is -0.478. The molecule has 2 heterocycles. The van der Waals surface area contributed by atoms with Gasteiger partial charge in [0.25, 0.3) is 5.91 Å². The third kappa shape index (κ3) is 3.69. The van der Waals surface area contributed by atoms with Gasteiger partial charge in [0.2, 0.25) is 5.91 Å². The molecule has 4 rings (SSSR count). The molecule has 0 aliphatic carbocycles. The highest BCUT2D eigenvalue weighted by Crippen LogP contribution is 2.28. The minimum Gasteiger partial charge on any atom is -0.492 e. The maximum Gasteiger partial charge on any atom is 0.255 e. The molecule has 0 aromatic heterocycles. The fourth-order valence-electron chi connectivity index (χ4n) is 3.71. The summed E-state index contributed by atoms with van der Waals surface area (Å²) in [5.74, 6) is -0.0245. The van der Waals surface area contributed by atoms with E-state index in [0.29, 0.717) is 39.2 Å². The predicted molar refractivity (Wildman–Crippen MR) is 103 cm³/mol. The first-order valence-electron chi connectivity index (χ1n) is 9.27. The van der Waals surface area contributed by atoms with E-state index in [1.54, 1.807) is 9.80 Å². The molecule has 0 spiro atoms. The summed E-state index contributed by atoms with van der Waals surface area (Å²) in [5, 5.41) is 0.0986. The average Bonchev–Trinajstić information content (AvgIpc) is 2.72. The van der Waals surface area contributed by atoms with Gasteiger partial charge in [0.1, 0.15) is 18.2 Å². The van der Waals surface area contributed by atoms with Crippen LogP contribution < -0.4 is 4.74 Å². The summed E-state index contributed by atoms with van der Waals surface area (Å²) < 4.78 is 18.9. The topological polar surface area (TPSA) is 49.9 Å². The van der Waals surface area contributed by atoms with Crippen molar-refractivity contribution in [1.29, 1.82) is 0 Å². The van der Waals surface area contributed by atoms with Crippen LogP contribution in [0.1, 0.15) is 15.9 Å². The molecule has 5 nitrogen and oxygen atoms in total. The van der Waals surface area contributed by atoms with E-state index in [1.165, 1.54) is 12.1 Å². The third-order valence-electron chi connectivity index (χ3n) is 5.27. The lowest BCUT2D eigenvalue weighted by atomic mass is 9.95. The first-order chi connectivity index (χ1) is 13.5. The Hall–Kier alpha value is -2.60. The van der Waals surface area contributed by atoms with E-state index in [2.05, 4.69) is 0 Å². The third-order valence-corrected chi connectivity index (χ3v) is 5.58. The van der Waals surface area contributed by atoms with Crippen LogP contribution in [0.15, 0.2) is 42.5 Å². The molecule has 2 aromatic rings. The fraction of sp³-hybridized carbons (Fsp3) is 0.333. The number of amides is 2. The van der Waals surface area contributed by atoms with Gasteiger partial charge in [-0.25, -0.2) is 4.39 Å². The average molecular weight is 403 g/mol. The number of nitrogens with zero attached hydrogens (tertiary/aromatic N) is 2. The second-order valence-electron chi connectivity index (χ2n) is 7.06. The lowest BCUT2D eigenvalue weighted by Gasteiger charge is -2.37. The van der Waals surface area contributed by atoms with Gasteiger partial charge in [-0.05, 0) is 36.2 Å². The van der Waals surface area contributed by atoms with Crippen LogP contribution in [0.25, 0.3) is 0 Å². The van der Waals surface area contributed by atoms with E-state index < -0.39 is 5.82 Å². The molecule has 0 N–H and O–H groups in total. The van der Waals surface area contributed by atoms with Crippen molar-refractivity contribution >= 4 is 23.4 Å². The van der Waals surface area contributed by atoms with Gasteiger partial charge in [-0.2, -0.15) is 0 Å². The van der Waals surface area contributed by atoms with Crippen molar-refractivity contribution in [1.82, 2.24) is 9.80 Å². The van der Waals surface area contributed by atoms with Crippen molar-refractivity contribution in [2.45, 2.75) is 6.42 Å². The van der Waals surface area contributed by atoms with Crippen molar-refractivity contribution in [3.05, 3.63) is 64.4 Å². The summed E-state index contributed by atoms with van der Waals surface area (Å²) in [4.78, 5) is 29.0. The van der Waals surface area contributed by atoms with Crippen LogP contribution in [0.2, 0.25) is 5.02 Å². The van der Waals surface area contributed by atoms with E-state index in [4.69, 9.17) is 16.3 Å². The van der Waals surface area contributed by atoms with Crippen LogP contribution in [0.4, 0.5) is 4.39 Å². The lowest BCUT2D eigenvalue weighted by Crippen LogP contribution is -2.53. The van der Waals surface area contributed by atoms with E-state index in [1.807, 2.05) is 24.3 Å². The lowest BCUT2D eigenvalue weighted by molar-refractivity contribution is -0.138. The molecule has 146 valence electrons. The summed E-state index contributed by atoms with van der Waals surface area (Å²) in [6, 6.07) is 11.5. The van der Waals surface area contributed by atoms with Crippen LogP contribution in [0.5, 0.6) is 5.75 Å². The fourth-order valence-corrected chi connectivity index (χ4v) is 3.96. The van der Waals surface area contributed by atoms with E-state index in [0.717, 1.165) is 17.4 Å². The number of hydrogen-bond acceptors (Lipinski definition) is 3. The second-order valence-corrected chi connectivity index (χ2v) is 7.47. The van der Waals surface area contributed by atoms with Crippen LogP contribution in [0, 0.1) is 11.7 Å². The SMILES string of the molecule is O=C(c1ccc(F)cc1Cl)N1CCN(C(=O)C2COc3ccccc3C2)CC1. The number of ether oxygens (including phenoxy) is 1. The first kappa shape index (κ1) is 18.7. The largest absolute Gasteiger partial charge is 0.492 e. The Morgan fingerprint density at radius 3 is 2.50 bits per heavy atom. The number of rotatable bonds is 2. The van der Waals surface area contributed by atoms with Gasteiger partial charge in [-0.3, -0.25) is 9.59 Å². The standard InChI is InChI=1S/C21H20ClFN2O3/c22-18-12-16(23)5-6-17(18)21(27)25-9-7-24(8-10-25)20(26)15-11-14-3-1-2-4-19(14)28-13-15/h1-6,12,15H,7-11,13H2. The van der Waals surface area contributed by atoms with Crippen molar-refractivity contribution in [3.8, 4) is 5.75 Å². The number of carbonyl (C=O) groups is 2. The van der Waals surface area contributed by atoms with Gasteiger partial charge in [0, 0.05) is 26.2 Å². The van der Waals surface area contributed by atoms with Gasteiger partial charge >= 0.3 is 0 Å². The quantitative estimate of drug-likeness (QED) is 0.776. The number of hydrogen-bond donors (Lipinski definition) is 0. The molecular weight excluding hydrogens is 383 g/mol. The molecule has 2 aliphatic rings. The van der Waals surface area contributed by atoms with Crippen molar-refractivity contribution in [2.75, 3.05) is 32.8 Å².